The molecule has 1 N–H and O–H groups in total. The van der Waals surface area contributed by atoms with Crippen molar-refractivity contribution in [2.45, 2.75) is 13.0 Å². The Hall–Kier alpha value is -0.810. The molecule has 0 aromatic rings. The van der Waals surface area contributed by atoms with Crippen molar-refractivity contribution < 1.29 is 24.1 Å². The van der Waals surface area contributed by atoms with Crippen LogP contribution in [0, 0.1) is 0 Å². The van der Waals surface area contributed by atoms with Gasteiger partial charge in [-0.3, -0.25) is 0 Å². The Labute approximate surface area is 71.2 Å². The number of carboxylic acid groups (broad SMARTS) is 1. The van der Waals surface area contributed by atoms with Crippen molar-refractivity contribution in [3.05, 3.63) is 0 Å². The number of rotatable bonds is 6. The molecule has 1 atom stereocenters. The molecule has 5 nitrogen and oxygen atoms in total. The van der Waals surface area contributed by atoms with Crippen LogP contribution < -0.4 is 0 Å². The van der Waals surface area contributed by atoms with Crippen molar-refractivity contribution in [2.75, 3.05) is 26.9 Å². The first-order valence-corrected chi connectivity index (χ1v) is 3.63. The van der Waals surface area contributed by atoms with Crippen LogP contribution in [0.1, 0.15) is 6.92 Å². The fourth-order valence-electron chi connectivity index (χ4n) is 0.598. The van der Waals surface area contributed by atoms with Crippen LogP contribution in [0.4, 0.5) is 4.79 Å². The molecule has 0 amide bonds. The van der Waals surface area contributed by atoms with Crippen LogP contribution in [-0.2, 0) is 14.2 Å². The summed E-state index contributed by atoms with van der Waals surface area (Å²) in [5.41, 5.74) is 0. The third kappa shape index (κ3) is 7.30. The van der Waals surface area contributed by atoms with Gasteiger partial charge in [0.1, 0.15) is 6.10 Å². The van der Waals surface area contributed by atoms with Crippen molar-refractivity contribution >= 4 is 6.16 Å². The molecule has 12 heavy (non-hydrogen) atoms. The molecule has 0 aliphatic rings. The van der Waals surface area contributed by atoms with Gasteiger partial charge in [0.2, 0.25) is 0 Å². The maximum Gasteiger partial charge on any atom is 0.506 e. The minimum absolute atomic E-state index is 0.260. The molecule has 0 aromatic carbocycles. The van der Waals surface area contributed by atoms with Gasteiger partial charge in [0, 0.05) is 7.11 Å². The second-order valence-corrected chi connectivity index (χ2v) is 2.26. The zero-order chi connectivity index (χ0) is 9.40. The van der Waals surface area contributed by atoms with Crippen LogP contribution in [0.3, 0.4) is 0 Å². The first-order valence-electron chi connectivity index (χ1n) is 3.63. The number of carbonyl (C=O) groups is 1. The average molecular weight is 178 g/mol. The second kappa shape index (κ2) is 6.87. The van der Waals surface area contributed by atoms with Crippen LogP contribution in [0.2, 0.25) is 0 Å². The minimum atomic E-state index is -1.28. The predicted octanol–water partition coefficient (Wildman–Crippen LogP) is 0.733. The van der Waals surface area contributed by atoms with Crippen LogP contribution in [0.15, 0.2) is 0 Å². The zero-order valence-electron chi connectivity index (χ0n) is 7.28. The predicted molar refractivity (Wildman–Crippen MR) is 41.3 cm³/mol. The highest BCUT2D eigenvalue weighted by atomic mass is 16.7. The Kier molecular flexibility index (Phi) is 6.41. The summed E-state index contributed by atoms with van der Waals surface area (Å²) >= 11 is 0. The van der Waals surface area contributed by atoms with Gasteiger partial charge in [-0.2, -0.15) is 0 Å². The molecule has 1 unspecified atom stereocenters. The summed E-state index contributed by atoms with van der Waals surface area (Å²) in [7, 11) is 1.57. The Morgan fingerprint density at radius 2 is 2.17 bits per heavy atom. The monoisotopic (exact) mass is 178 g/mol. The lowest BCUT2D eigenvalue weighted by Gasteiger charge is -2.10. The standard InChI is InChI=1S/C7H14O5/c1-6(12-7(8)9)5-11-4-3-10-2/h6H,3-5H2,1-2H3,(H,8,9). The van der Waals surface area contributed by atoms with Gasteiger partial charge < -0.3 is 19.3 Å². The van der Waals surface area contributed by atoms with Gasteiger partial charge in [-0.1, -0.05) is 0 Å². The maximum absolute atomic E-state index is 10.00. The second-order valence-electron chi connectivity index (χ2n) is 2.26. The Morgan fingerprint density at radius 1 is 1.50 bits per heavy atom. The number of ether oxygens (including phenoxy) is 3. The van der Waals surface area contributed by atoms with Gasteiger partial charge >= 0.3 is 6.16 Å². The van der Waals surface area contributed by atoms with E-state index in [1.807, 2.05) is 0 Å². The molecule has 0 aliphatic carbocycles. The van der Waals surface area contributed by atoms with Gasteiger partial charge in [-0.05, 0) is 6.92 Å². The summed E-state index contributed by atoms with van der Waals surface area (Å²) in [6, 6.07) is 0. The normalized spacial score (nSPS) is 12.5. The highest BCUT2D eigenvalue weighted by molar-refractivity contribution is 5.56. The van der Waals surface area contributed by atoms with E-state index in [2.05, 4.69) is 4.74 Å². The lowest BCUT2D eigenvalue weighted by Crippen LogP contribution is -2.20. The SMILES string of the molecule is COCCOCC(C)OC(=O)O. The molecular weight excluding hydrogens is 164 g/mol. The molecule has 0 radical (unpaired) electrons. The Bertz CT molecular complexity index is 125. The number of hydrogen-bond acceptors (Lipinski definition) is 4. The van der Waals surface area contributed by atoms with E-state index >= 15 is 0 Å². The van der Waals surface area contributed by atoms with Crippen LogP contribution >= 0.6 is 0 Å². The van der Waals surface area contributed by atoms with E-state index in [4.69, 9.17) is 14.6 Å². The number of hydrogen-bond donors (Lipinski definition) is 1. The highest BCUT2D eigenvalue weighted by Crippen LogP contribution is 1.92. The van der Waals surface area contributed by atoms with Gasteiger partial charge in [-0.25, -0.2) is 4.79 Å². The summed E-state index contributed by atoms with van der Waals surface area (Å²) in [5.74, 6) is 0. The summed E-state index contributed by atoms with van der Waals surface area (Å²) in [4.78, 5) is 10.00. The molecule has 0 saturated heterocycles. The molecule has 5 heteroatoms. The lowest BCUT2D eigenvalue weighted by atomic mass is 10.4. The van der Waals surface area contributed by atoms with E-state index < -0.39 is 12.3 Å². The van der Waals surface area contributed by atoms with Gasteiger partial charge in [0.15, 0.2) is 0 Å². The molecule has 0 aromatic heterocycles. The van der Waals surface area contributed by atoms with Crippen molar-refractivity contribution in [1.82, 2.24) is 0 Å². The first kappa shape index (κ1) is 11.2. The van der Waals surface area contributed by atoms with Crippen LogP contribution in [0.25, 0.3) is 0 Å². The molecule has 0 fully saturated rings. The minimum Gasteiger partial charge on any atom is -0.450 e. The molecule has 0 saturated carbocycles. The quantitative estimate of drug-likeness (QED) is 0.480. The molecule has 0 bridgehead atoms. The highest BCUT2D eigenvalue weighted by Gasteiger charge is 2.06. The molecule has 72 valence electrons. The smallest absolute Gasteiger partial charge is 0.450 e. The van der Waals surface area contributed by atoms with E-state index in [1.54, 1.807) is 14.0 Å². The van der Waals surface area contributed by atoms with E-state index in [0.29, 0.717) is 13.2 Å². The van der Waals surface area contributed by atoms with Crippen molar-refractivity contribution in [3.63, 3.8) is 0 Å². The zero-order valence-corrected chi connectivity index (χ0v) is 7.28. The Balaban J connectivity index is 3.19. The lowest BCUT2D eigenvalue weighted by molar-refractivity contribution is -0.00594. The van der Waals surface area contributed by atoms with Crippen LogP contribution in [0.5, 0.6) is 0 Å². The van der Waals surface area contributed by atoms with Gasteiger partial charge in [0.05, 0.1) is 19.8 Å². The van der Waals surface area contributed by atoms with E-state index in [9.17, 15) is 4.79 Å². The average Bonchev–Trinajstić information content (AvgIpc) is 1.97. The largest absolute Gasteiger partial charge is 0.506 e. The van der Waals surface area contributed by atoms with Gasteiger partial charge in [0.25, 0.3) is 0 Å². The maximum atomic E-state index is 10.00. The van der Waals surface area contributed by atoms with Crippen molar-refractivity contribution in [3.8, 4) is 0 Å². The fourth-order valence-corrected chi connectivity index (χ4v) is 0.598. The summed E-state index contributed by atoms with van der Waals surface area (Å²) < 4.78 is 14.1. The molecular formula is C7H14O5. The van der Waals surface area contributed by atoms with E-state index in [1.165, 1.54) is 0 Å². The van der Waals surface area contributed by atoms with E-state index in [-0.39, 0.29) is 6.61 Å². The summed E-state index contributed by atoms with van der Waals surface area (Å²) in [5, 5.41) is 8.18. The molecule has 0 spiro atoms. The molecule has 0 heterocycles. The van der Waals surface area contributed by atoms with E-state index in [0.717, 1.165) is 0 Å². The molecule has 0 rings (SSSR count). The first-order chi connectivity index (χ1) is 5.66. The van der Waals surface area contributed by atoms with Crippen molar-refractivity contribution in [2.24, 2.45) is 0 Å². The van der Waals surface area contributed by atoms with Crippen LogP contribution in [-0.4, -0.2) is 44.3 Å². The van der Waals surface area contributed by atoms with Gasteiger partial charge in [-0.15, -0.1) is 0 Å². The number of methoxy groups -OCH3 is 1. The fraction of sp³-hybridized carbons (Fsp3) is 0.857. The molecule has 0 aliphatic heterocycles. The topological polar surface area (TPSA) is 65.0 Å². The third-order valence-corrected chi connectivity index (χ3v) is 1.09. The summed E-state index contributed by atoms with van der Waals surface area (Å²) in [6.07, 6.45) is -1.71. The van der Waals surface area contributed by atoms with Crippen molar-refractivity contribution in [1.29, 1.82) is 0 Å². The Morgan fingerprint density at radius 3 is 2.67 bits per heavy atom. The summed E-state index contributed by atoms with van der Waals surface area (Å²) in [6.45, 7) is 2.83. The third-order valence-electron chi connectivity index (χ3n) is 1.09.